The van der Waals surface area contributed by atoms with Crippen molar-refractivity contribution in [1.29, 1.82) is 0 Å². The maximum absolute atomic E-state index is 10.9. The Balaban J connectivity index is 0.000000128. The summed E-state index contributed by atoms with van der Waals surface area (Å²) < 4.78 is 11.5. The number of nitrogens with zero attached hydrogens (tertiary/aromatic N) is 7. The van der Waals surface area contributed by atoms with Crippen molar-refractivity contribution < 1.29 is 14.9 Å². The second kappa shape index (κ2) is 10.3. The molecule has 4 aliphatic rings. The van der Waals surface area contributed by atoms with Crippen LogP contribution in [0.4, 0.5) is 0 Å². The number of hydrogen-bond acceptors (Lipinski definition) is 7. The largest absolute Gasteiger partial charge is 0.390 e. The predicted molar refractivity (Wildman–Crippen MR) is 154 cm³/mol. The average molecular weight is 564 g/mol. The van der Waals surface area contributed by atoms with Crippen LogP contribution in [0.5, 0.6) is 0 Å². The van der Waals surface area contributed by atoms with Crippen LogP contribution in [0, 0.1) is 11.8 Å². The van der Waals surface area contributed by atoms with Gasteiger partial charge in [0.05, 0.1) is 66.5 Å². The summed E-state index contributed by atoms with van der Waals surface area (Å²) in [4.78, 5) is 8.55. The quantitative estimate of drug-likeness (QED) is 0.340. The fourth-order valence-electron chi connectivity index (χ4n) is 7.49. The van der Waals surface area contributed by atoms with Crippen molar-refractivity contribution in [2.75, 3.05) is 13.2 Å². The smallest absolute Gasteiger partial charge is 0.102 e. The number of aliphatic hydroxyl groups excluding tert-OH is 2. The molecule has 4 aliphatic heterocycles. The molecule has 5 unspecified atom stereocenters. The highest BCUT2D eigenvalue weighted by Crippen LogP contribution is 2.48. The monoisotopic (exact) mass is 563 g/mol. The summed E-state index contributed by atoms with van der Waals surface area (Å²) in [6, 6.07) is 16.8. The topological polar surface area (TPSA) is 116 Å². The molecule has 0 aliphatic carbocycles. The Morgan fingerprint density at radius 3 is 2.26 bits per heavy atom. The van der Waals surface area contributed by atoms with Crippen LogP contribution in [-0.4, -0.2) is 63.6 Å². The highest BCUT2D eigenvalue weighted by molar-refractivity contribution is 5.70. The van der Waals surface area contributed by atoms with Crippen LogP contribution in [0.1, 0.15) is 54.3 Å². The van der Waals surface area contributed by atoms with Gasteiger partial charge in [0.25, 0.3) is 0 Å². The zero-order chi connectivity index (χ0) is 28.2. The summed E-state index contributed by atoms with van der Waals surface area (Å²) in [5.74, 6) is 0.401. The number of hydrogen-bond donors (Lipinski definition) is 2. The first kappa shape index (κ1) is 25.6. The molecule has 214 valence electrons. The molecule has 42 heavy (non-hydrogen) atoms. The van der Waals surface area contributed by atoms with Crippen LogP contribution >= 0.6 is 0 Å². The minimum Gasteiger partial charge on any atom is -0.390 e. The van der Waals surface area contributed by atoms with Crippen LogP contribution in [0.15, 0.2) is 79.8 Å². The number of aromatic nitrogens is 7. The number of benzene rings is 2. The van der Waals surface area contributed by atoms with Crippen molar-refractivity contribution in [3.63, 3.8) is 0 Å². The third kappa shape index (κ3) is 3.97. The van der Waals surface area contributed by atoms with Gasteiger partial charge in [0.2, 0.25) is 0 Å². The maximum atomic E-state index is 10.9. The summed E-state index contributed by atoms with van der Waals surface area (Å²) in [5, 5.41) is 29.7. The first-order valence-corrected chi connectivity index (χ1v) is 14.7. The Bertz CT molecular complexity index is 1720. The number of aryl methyl sites for hydroxylation is 1. The summed E-state index contributed by atoms with van der Waals surface area (Å²) in [6.45, 7) is 2.31. The third-order valence-corrected chi connectivity index (χ3v) is 9.55. The fraction of sp³-hybridized carbons (Fsp3) is 0.375. The Labute approximate surface area is 243 Å². The van der Waals surface area contributed by atoms with E-state index in [1.54, 1.807) is 10.9 Å². The van der Waals surface area contributed by atoms with Gasteiger partial charge in [-0.3, -0.25) is 0 Å². The molecule has 3 aromatic heterocycles. The van der Waals surface area contributed by atoms with Crippen LogP contribution in [-0.2, 0) is 11.3 Å². The zero-order valence-corrected chi connectivity index (χ0v) is 23.1. The van der Waals surface area contributed by atoms with Crippen LogP contribution < -0.4 is 0 Å². The van der Waals surface area contributed by atoms with E-state index in [0.29, 0.717) is 5.92 Å². The van der Waals surface area contributed by atoms with Gasteiger partial charge in [-0.2, -0.15) is 0 Å². The molecule has 10 heteroatoms. The highest BCUT2D eigenvalue weighted by Gasteiger charge is 2.41. The van der Waals surface area contributed by atoms with Gasteiger partial charge in [0, 0.05) is 36.8 Å². The van der Waals surface area contributed by atoms with E-state index in [2.05, 4.69) is 65.8 Å². The Morgan fingerprint density at radius 1 is 0.810 bits per heavy atom. The van der Waals surface area contributed by atoms with Crippen LogP contribution in [0.3, 0.4) is 0 Å². The molecular formula is C32H33N7O3. The van der Waals surface area contributed by atoms with Gasteiger partial charge in [0.1, 0.15) is 6.10 Å². The lowest BCUT2D eigenvalue weighted by Gasteiger charge is -2.33. The second-order valence-corrected chi connectivity index (χ2v) is 11.7. The van der Waals surface area contributed by atoms with E-state index >= 15 is 0 Å². The fourth-order valence-corrected chi connectivity index (χ4v) is 7.49. The number of rotatable bonds is 3. The van der Waals surface area contributed by atoms with E-state index < -0.39 is 6.10 Å². The molecule has 10 nitrogen and oxygen atoms in total. The molecule has 0 bridgehead atoms. The molecule has 9 rings (SSSR count). The Kier molecular flexibility index (Phi) is 6.28. The van der Waals surface area contributed by atoms with Gasteiger partial charge < -0.3 is 24.1 Å². The number of imidazole rings is 2. The van der Waals surface area contributed by atoms with Gasteiger partial charge in [-0.15, -0.1) is 5.10 Å². The molecule has 0 spiro atoms. The van der Waals surface area contributed by atoms with E-state index in [9.17, 15) is 10.2 Å². The SMILES string of the molecule is OC(C1CCOCC1)C1c2ccccc2-c2cncn21.OC1c2cnnn2CCC1C1c2ccccc2-c2cncn21. The lowest BCUT2D eigenvalue weighted by Crippen LogP contribution is -2.34. The van der Waals surface area contributed by atoms with Crippen molar-refractivity contribution >= 4 is 0 Å². The molecule has 2 aromatic carbocycles. The van der Waals surface area contributed by atoms with Crippen LogP contribution in [0.2, 0.25) is 0 Å². The average Bonchev–Trinajstić information content (AvgIpc) is 3.86. The normalized spacial score (nSPS) is 24.5. The van der Waals surface area contributed by atoms with E-state index in [4.69, 9.17) is 4.74 Å². The van der Waals surface area contributed by atoms with E-state index in [1.165, 1.54) is 22.3 Å². The van der Waals surface area contributed by atoms with Crippen molar-refractivity contribution in [3.05, 3.63) is 96.6 Å². The molecule has 0 radical (unpaired) electrons. The molecule has 0 amide bonds. The highest BCUT2D eigenvalue weighted by atomic mass is 16.5. The Morgan fingerprint density at radius 2 is 1.48 bits per heavy atom. The summed E-state index contributed by atoms with van der Waals surface area (Å²) >= 11 is 0. The lowest BCUT2D eigenvalue weighted by atomic mass is 9.83. The standard InChI is InChI=1S/C16H15N5O.C16H18N2O2/c22-16-12(5-6-21-14(16)8-18-19-21)15-11-4-2-1-3-10(11)13-7-17-9-20(13)15;19-16(11-5-7-20-8-6-11)15-13-4-2-1-3-12(13)14-9-17-10-18(14)15/h1-4,7-9,12,15-16,22H,5-6H2;1-4,9-11,15-16,19H,5-8H2. The summed E-state index contributed by atoms with van der Waals surface area (Å²) in [6.07, 6.45) is 11.0. The zero-order valence-electron chi connectivity index (χ0n) is 23.1. The third-order valence-electron chi connectivity index (χ3n) is 9.55. The molecule has 5 aromatic rings. The van der Waals surface area contributed by atoms with Gasteiger partial charge >= 0.3 is 0 Å². The van der Waals surface area contributed by atoms with E-state index in [1.807, 2.05) is 37.2 Å². The minimum atomic E-state index is -0.560. The van der Waals surface area contributed by atoms with Gasteiger partial charge in [0.15, 0.2) is 0 Å². The predicted octanol–water partition coefficient (Wildman–Crippen LogP) is 4.04. The van der Waals surface area contributed by atoms with Crippen molar-refractivity contribution in [3.8, 4) is 22.5 Å². The summed E-state index contributed by atoms with van der Waals surface area (Å²) in [7, 11) is 0. The number of ether oxygens (including phenoxy) is 1. The van der Waals surface area contributed by atoms with Crippen LogP contribution in [0.25, 0.3) is 22.5 Å². The van der Waals surface area contributed by atoms with E-state index in [-0.39, 0.29) is 24.1 Å². The molecule has 1 fully saturated rings. The van der Waals surface area contributed by atoms with E-state index in [0.717, 1.165) is 56.1 Å². The molecule has 1 saturated heterocycles. The van der Waals surface area contributed by atoms with Crippen molar-refractivity contribution in [1.82, 2.24) is 34.1 Å². The number of aliphatic hydroxyl groups is 2. The molecule has 2 N–H and O–H groups in total. The van der Waals surface area contributed by atoms with Gasteiger partial charge in [-0.25, -0.2) is 14.6 Å². The molecule has 5 atom stereocenters. The van der Waals surface area contributed by atoms with Gasteiger partial charge in [-0.1, -0.05) is 53.7 Å². The molecule has 0 saturated carbocycles. The minimum absolute atomic E-state index is 0.00759. The first-order chi connectivity index (χ1) is 20.7. The number of fused-ring (bicyclic) bond motifs is 7. The second-order valence-electron chi connectivity index (χ2n) is 11.7. The summed E-state index contributed by atoms with van der Waals surface area (Å²) in [5.41, 5.74) is 7.94. The Hall–Kier alpha value is -4.12. The molecular weight excluding hydrogens is 530 g/mol. The maximum Gasteiger partial charge on any atom is 0.102 e. The van der Waals surface area contributed by atoms with Crippen molar-refractivity contribution in [2.24, 2.45) is 11.8 Å². The first-order valence-electron chi connectivity index (χ1n) is 14.7. The lowest BCUT2D eigenvalue weighted by molar-refractivity contribution is -0.00620. The van der Waals surface area contributed by atoms with Crippen molar-refractivity contribution in [2.45, 2.75) is 50.1 Å². The van der Waals surface area contributed by atoms with Gasteiger partial charge in [-0.05, 0) is 36.3 Å². The molecule has 7 heterocycles.